The summed E-state index contributed by atoms with van der Waals surface area (Å²) in [5.41, 5.74) is 2.06. The van der Waals surface area contributed by atoms with Gasteiger partial charge in [0.25, 0.3) is 5.91 Å². The Morgan fingerprint density at radius 3 is 2.23 bits per heavy atom. The van der Waals surface area contributed by atoms with Gasteiger partial charge in [-0.15, -0.1) is 0 Å². The van der Waals surface area contributed by atoms with Crippen molar-refractivity contribution in [1.82, 2.24) is 4.90 Å². The molecule has 1 fully saturated rings. The van der Waals surface area contributed by atoms with Crippen LogP contribution in [0.3, 0.4) is 0 Å². The minimum Gasteiger partial charge on any atom is -0.497 e. The van der Waals surface area contributed by atoms with Crippen molar-refractivity contribution in [3.63, 3.8) is 0 Å². The molecule has 2 aromatic carbocycles. The Bertz CT molecular complexity index is 1130. The third-order valence-corrected chi connectivity index (χ3v) is 6.18. The second-order valence-corrected chi connectivity index (χ2v) is 7.90. The molecule has 156 valence electrons. The third-order valence-electron chi connectivity index (χ3n) is 6.18. The predicted molar refractivity (Wildman–Crippen MR) is 113 cm³/mol. The number of carbonyl (C=O) groups is 3. The highest BCUT2D eigenvalue weighted by Gasteiger charge is 2.35. The Morgan fingerprint density at radius 1 is 0.935 bits per heavy atom. The van der Waals surface area contributed by atoms with Gasteiger partial charge in [-0.1, -0.05) is 36.4 Å². The number of fused-ring (bicyclic) bond motifs is 2. The lowest BCUT2D eigenvalue weighted by Gasteiger charge is -2.31. The van der Waals surface area contributed by atoms with Crippen molar-refractivity contribution in [2.45, 2.75) is 18.8 Å². The summed E-state index contributed by atoms with van der Waals surface area (Å²) in [7, 11) is 1.64. The van der Waals surface area contributed by atoms with Gasteiger partial charge in [-0.2, -0.15) is 0 Å². The van der Waals surface area contributed by atoms with Gasteiger partial charge in [-0.05, 0) is 36.5 Å². The molecule has 6 nitrogen and oxygen atoms in total. The number of ether oxygens (including phenoxy) is 1. The number of benzene rings is 2. The maximum atomic E-state index is 13.0. The van der Waals surface area contributed by atoms with Crippen LogP contribution in [0, 0.1) is 0 Å². The van der Waals surface area contributed by atoms with Crippen molar-refractivity contribution in [2.24, 2.45) is 0 Å². The number of methoxy groups -OCH3 is 1. The maximum absolute atomic E-state index is 13.0. The maximum Gasteiger partial charge on any atom is 0.289 e. The summed E-state index contributed by atoms with van der Waals surface area (Å²) in [5.74, 6) is 0.269. The molecule has 1 aliphatic heterocycles. The zero-order chi connectivity index (χ0) is 21.5. The Morgan fingerprint density at radius 2 is 1.58 bits per heavy atom. The lowest BCUT2D eigenvalue weighted by atomic mass is 9.88. The summed E-state index contributed by atoms with van der Waals surface area (Å²) in [5, 5.41) is 0. The largest absolute Gasteiger partial charge is 0.497 e. The first-order chi connectivity index (χ1) is 15.1. The number of nitrogens with zero attached hydrogens (tertiary/aromatic N) is 1. The van der Waals surface area contributed by atoms with E-state index in [9.17, 15) is 14.4 Å². The Kier molecular flexibility index (Phi) is 4.70. The van der Waals surface area contributed by atoms with E-state index in [0.29, 0.717) is 30.1 Å². The molecule has 1 aromatic heterocycles. The summed E-state index contributed by atoms with van der Waals surface area (Å²) in [6.07, 6.45) is 1.67. The van der Waals surface area contributed by atoms with Crippen LogP contribution in [-0.2, 0) is 0 Å². The van der Waals surface area contributed by atoms with E-state index in [2.05, 4.69) is 12.1 Å². The summed E-state index contributed by atoms with van der Waals surface area (Å²) in [6.45, 7) is 1.17. The Balaban J connectivity index is 1.32. The molecule has 0 saturated carbocycles. The molecule has 0 N–H and O–H groups in total. The Hall–Kier alpha value is -3.67. The molecule has 1 aliphatic carbocycles. The molecule has 0 spiro atoms. The van der Waals surface area contributed by atoms with E-state index in [1.54, 1.807) is 36.3 Å². The van der Waals surface area contributed by atoms with Crippen molar-refractivity contribution < 1.29 is 23.5 Å². The van der Waals surface area contributed by atoms with Gasteiger partial charge in [0.1, 0.15) is 5.75 Å². The quantitative estimate of drug-likeness (QED) is 0.504. The number of ketones is 2. The van der Waals surface area contributed by atoms with Gasteiger partial charge >= 0.3 is 0 Å². The lowest BCUT2D eigenvalue weighted by Crippen LogP contribution is -2.37. The summed E-state index contributed by atoms with van der Waals surface area (Å²) >= 11 is 0. The van der Waals surface area contributed by atoms with Crippen molar-refractivity contribution in [3.8, 4) is 5.75 Å². The number of piperidine rings is 1. The number of rotatable bonds is 3. The van der Waals surface area contributed by atoms with Crippen LogP contribution in [-0.4, -0.2) is 42.6 Å². The molecule has 0 bridgehead atoms. The van der Waals surface area contributed by atoms with Crippen molar-refractivity contribution in [2.75, 3.05) is 20.2 Å². The van der Waals surface area contributed by atoms with E-state index in [0.717, 1.165) is 18.6 Å². The number of furan rings is 1. The van der Waals surface area contributed by atoms with Crippen molar-refractivity contribution in [1.29, 1.82) is 0 Å². The topological polar surface area (TPSA) is 76.8 Å². The first-order valence-electron chi connectivity index (χ1n) is 10.3. The minimum absolute atomic E-state index is 0.0415. The third kappa shape index (κ3) is 3.24. The number of hydrogen-bond donors (Lipinski definition) is 0. The van der Waals surface area contributed by atoms with Gasteiger partial charge in [0.05, 0.1) is 12.7 Å². The first-order valence-corrected chi connectivity index (χ1v) is 10.3. The number of carbonyl (C=O) groups excluding carboxylic acids is 3. The standard InChI is InChI=1S/C25H21NO5/c1-30-17-8-6-15(7-9-17)16-10-12-26(13-11-16)25(29)21-14-20-22(27)18-4-2-3-5-19(18)23(28)24(20)31-21/h2-9,14,16H,10-13H2,1H3. The predicted octanol–water partition coefficient (Wildman–Crippen LogP) is 4.08. The molecule has 2 aliphatic rings. The van der Waals surface area contributed by atoms with Gasteiger partial charge < -0.3 is 14.1 Å². The SMILES string of the molecule is COc1ccc(C2CCN(C(=O)c3cc4c(o3)C(=O)c3ccccc3C4=O)CC2)cc1. The average molecular weight is 415 g/mol. The summed E-state index contributed by atoms with van der Waals surface area (Å²) in [4.78, 5) is 40.2. The zero-order valence-corrected chi connectivity index (χ0v) is 17.1. The first kappa shape index (κ1) is 19.3. The van der Waals surface area contributed by atoms with Crippen LogP contribution in [0.5, 0.6) is 5.75 Å². The fourth-order valence-corrected chi connectivity index (χ4v) is 4.43. The van der Waals surface area contributed by atoms with Crippen LogP contribution in [0.1, 0.15) is 66.9 Å². The molecule has 0 radical (unpaired) electrons. The normalized spacial score (nSPS) is 16.1. The van der Waals surface area contributed by atoms with E-state index >= 15 is 0 Å². The number of hydrogen-bond acceptors (Lipinski definition) is 5. The van der Waals surface area contributed by atoms with Crippen LogP contribution in [0.2, 0.25) is 0 Å². The van der Waals surface area contributed by atoms with E-state index in [4.69, 9.17) is 9.15 Å². The van der Waals surface area contributed by atoms with Gasteiger partial charge in [0.15, 0.2) is 17.3 Å². The van der Waals surface area contributed by atoms with Gasteiger partial charge in [0.2, 0.25) is 5.78 Å². The Labute approximate surface area is 179 Å². The molecule has 0 unspecified atom stereocenters. The van der Waals surface area contributed by atoms with E-state index < -0.39 is 0 Å². The average Bonchev–Trinajstić information content (AvgIpc) is 3.28. The fourth-order valence-electron chi connectivity index (χ4n) is 4.43. The van der Waals surface area contributed by atoms with E-state index in [1.165, 1.54) is 11.6 Å². The zero-order valence-electron chi connectivity index (χ0n) is 17.1. The van der Waals surface area contributed by atoms with Gasteiger partial charge in [-0.3, -0.25) is 14.4 Å². The molecule has 1 amide bonds. The summed E-state index contributed by atoms with van der Waals surface area (Å²) < 4.78 is 10.8. The van der Waals surface area contributed by atoms with Crippen LogP contribution in [0.15, 0.2) is 59.0 Å². The highest BCUT2D eigenvalue weighted by Crippen LogP contribution is 2.32. The highest BCUT2D eigenvalue weighted by atomic mass is 16.5. The smallest absolute Gasteiger partial charge is 0.289 e. The second-order valence-electron chi connectivity index (χ2n) is 7.90. The molecule has 6 heteroatoms. The van der Waals surface area contributed by atoms with Gasteiger partial charge in [0, 0.05) is 30.3 Å². The van der Waals surface area contributed by atoms with Crippen LogP contribution in [0.4, 0.5) is 0 Å². The molecule has 5 rings (SSSR count). The van der Waals surface area contributed by atoms with E-state index in [1.807, 2.05) is 12.1 Å². The van der Waals surface area contributed by atoms with E-state index in [-0.39, 0.29) is 34.6 Å². The molecule has 31 heavy (non-hydrogen) atoms. The van der Waals surface area contributed by atoms with Crippen molar-refractivity contribution >= 4 is 17.5 Å². The molecule has 3 aromatic rings. The highest BCUT2D eigenvalue weighted by molar-refractivity contribution is 6.27. The number of amides is 1. The molecular formula is C25H21NO5. The van der Waals surface area contributed by atoms with Crippen LogP contribution < -0.4 is 4.74 Å². The van der Waals surface area contributed by atoms with Crippen LogP contribution >= 0.6 is 0 Å². The van der Waals surface area contributed by atoms with Crippen LogP contribution in [0.25, 0.3) is 0 Å². The van der Waals surface area contributed by atoms with Crippen molar-refractivity contribution in [3.05, 3.63) is 88.4 Å². The van der Waals surface area contributed by atoms with Gasteiger partial charge in [-0.25, -0.2) is 0 Å². The second kappa shape index (κ2) is 7.54. The molecular weight excluding hydrogens is 394 g/mol. The number of likely N-dealkylation sites (tertiary alicyclic amines) is 1. The lowest BCUT2D eigenvalue weighted by molar-refractivity contribution is 0.0678. The molecule has 2 heterocycles. The monoisotopic (exact) mass is 415 g/mol. The summed E-state index contributed by atoms with van der Waals surface area (Å²) in [6, 6.07) is 16.1. The molecule has 1 saturated heterocycles. The minimum atomic E-state index is -0.359. The fraction of sp³-hybridized carbons (Fsp3) is 0.240. The molecule has 0 atom stereocenters.